The van der Waals surface area contributed by atoms with E-state index in [0.717, 1.165) is 21.2 Å². The molecular weight excluding hydrogens is 374 g/mol. The molecule has 0 aliphatic rings. The molecule has 0 bridgehead atoms. The van der Waals surface area contributed by atoms with Gasteiger partial charge in [0.25, 0.3) is 0 Å². The van der Waals surface area contributed by atoms with Gasteiger partial charge in [-0.05, 0) is 67.6 Å². The lowest BCUT2D eigenvalue weighted by Gasteiger charge is -2.18. The maximum absolute atomic E-state index is 12.4. The minimum atomic E-state index is -3.40. The van der Waals surface area contributed by atoms with Gasteiger partial charge >= 0.3 is 0 Å². The van der Waals surface area contributed by atoms with E-state index in [9.17, 15) is 8.42 Å². The SMILES string of the molecule is Cc1cc(C)c([C@H](C)NS(=O)(=O)Cc2ccc(Br)cc2)cc1C. The van der Waals surface area contributed by atoms with E-state index in [0.29, 0.717) is 0 Å². The highest BCUT2D eigenvalue weighted by molar-refractivity contribution is 9.10. The predicted molar refractivity (Wildman–Crippen MR) is 99.0 cm³/mol. The molecule has 1 N–H and O–H groups in total. The van der Waals surface area contributed by atoms with Crippen LogP contribution in [0.5, 0.6) is 0 Å². The summed E-state index contributed by atoms with van der Waals surface area (Å²) in [7, 11) is -3.40. The van der Waals surface area contributed by atoms with Gasteiger partial charge in [0.15, 0.2) is 0 Å². The molecule has 2 aromatic rings. The van der Waals surface area contributed by atoms with Crippen molar-refractivity contribution in [2.75, 3.05) is 0 Å². The molecule has 0 heterocycles. The summed E-state index contributed by atoms with van der Waals surface area (Å²) in [4.78, 5) is 0. The summed E-state index contributed by atoms with van der Waals surface area (Å²) in [6.07, 6.45) is 0. The number of halogens is 1. The summed E-state index contributed by atoms with van der Waals surface area (Å²) in [5.74, 6) is -0.0193. The number of hydrogen-bond acceptors (Lipinski definition) is 2. The van der Waals surface area contributed by atoms with E-state index >= 15 is 0 Å². The fraction of sp³-hybridized carbons (Fsp3) is 0.333. The highest BCUT2D eigenvalue weighted by Crippen LogP contribution is 2.23. The molecule has 0 radical (unpaired) electrons. The lowest BCUT2D eigenvalue weighted by Crippen LogP contribution is -2.28. The van der Waals surface area contributed by atoms with Crippen LogP contribution in [0.25, 0.3) is 0 Å². The maximum atomic E-state index is 12.4. The standard InChI is InChI=1S/C18H22BrNO2S/c1-12-9-14(3)18(10-13(12)2)15(4)20-23(21,22)11-16-5-7-17(19)8-6-16/h5-10,15,20H,11H2,1-4H3/t15-/m0/s1. The molecule has 3 nitrogen and oxygen atoms in total. The molecule has 0 aliphatic heterocycles. The van der Waals surface area contributed by atoms with Crippen molar-refractivity contribution in [3.63, 3.8) is 0 Å². The number of benzene rings is 2. The molecule has 2 aromatic carbocycles. The van der Waals surface area contributed by atoms with Crippen LogP contribution in [-0.4, -0.2) is 8.42 Å². The molecular formula is C18H22BrNO2S. The number of rotatable bonds is 5. The van der Waals surface area contributed by atoms with Crippen LogP contribution in [0.15, 0.2) is 40.9 Å². The molecule has 1 atom stereocenters. The number of aryl methyl sites for hydroxylation is 3. The van der Waals surface area contributed by atoms with Crippen LogP contribution in [0.3, 0.4) is 0 Å². The first-order valence-corrected chi connectivity index (χ1v) is 9.94. The molecule has 0 aliphatic carbocycles. The minimum absolute atomic E-state index is 0.0193. The first-order chi connectivity index (χ1) is 10.7. The smallest absolute Gasteiger partial charge is 0.212 e. The molecule has 0 aromatic heterocycles. The van der Waals surface area contributed by atoms with Crippen molar-refractivity contribution < 1.29 is 8.42 Å². The first-order valence-electron chi connectivity index (χ1n) is 7.50. The van der Waals surface area contributed by atoms with E-state index in [1.807, 2.05) is 45.0 Å². The molecule has 2 rings (SSSR count). The monoisotopic (exact) mass is 395 g/mol. The average molecular weight is 396 g/mol. The Kier molecular flexibility index (Phi) is 5.65. The molecule has 23 heavy (non-hydrogen) atoms. The van der Waals surface area contributed by atoms with E-state index < -0.39 is 10.0 Å². The summed E-state index contributed by atoms with van der Waals surface area (Å²) in [6.45, 7) is 8.01. The second kappa shape index (κ2) is 7.16. The molecule has 0 spiro atoms. The molecule has 0 saturated carbocycles. The van der Waals surface area contributed by atoms with Crippen molar-refractivity contribution in [1.82, 2.24) is 4.72 Å². The molecule has 124 valence electrons. The van der Waals surface area contributed by atoms with Gasteiger partial charge in [-0.2, -0.15) is 0 Å². The van der Waals surface area contributed by atoms with Crippen molar-refractivity contribution in [3.05, 3.63) is 68.7 Å². The fourth-order valence-corrected chi connectivity index (χ4v) is 4.27. The van der Waals surface area contributed by atoms with E-state index in [-0.39, 0.29) is 11.8 Å². The van der Waals surface area contributed by atoms with Gasteiger partial charge in [-0.3, -0.25) is 0 Å². The highest BCUT2D eigenvalue weighted by atomic mass is 79.9. The topological polar surface area (TPSA) is 46.2 Å². The van der Waals surface area contributed by atoms with E-state index in [1.54, 1.807) is 0 Å². The fourth-order valence-electron chi connectivity index (χ4n) is 2.62. The van der Waals surface area contributed by atoms with Crippen molar-refractivity contribution >= 4 is 26.0 Å². The van der Waals surface area contributed by atoms with Crippen LogP contribution in [0, 0.1) is 20.8 Å². The van der Waals surface area contributed by atoms with Crippen LogP contribution < -0.4 is 4.72 Å². The molecule has 5 heteroatoms. The molecule has 0 amide bonds. The van der Waals surface area contributed by atoms with Gasteiger partial charge in [-0.1, -0.05) is 40.2 Å². The third-order valence-electron chi connectivity index (χ3n) is 3.98. The Hall–Kier alpha value is -1.17. The Morgan fingerprint density at radius 2 is 1.57 bits per heavy atom. The lowest BCUT2D eigenvalue weighted by molar-refractivity contribution is 0.565. The number of sulfonamides is 1. The zero-order valence-electron chi connectivity index (χ0n) is 13.9. The quantitative estimate of drug-likeness (QED) is 0.806. The third kappa shape index (κ3) is 4.90. The summed E-state index contributed by atoms with van der Waals surface area (Å²) in [5, 5.41) is 0. The second-order valence-corrected chi connectivity index (χ2v) is 8.69. The summed E-state index contributed by atoms with van der Waals surface area (Å²) in [5.41, 5.74) is 5.28. The number of nitrogens with one attached hydrogen (secondary N) is 1. The van der Waals surface area contributed by atoms with Crippen molar-refractivity contribution in [2.45, 2.75) is 39.5 Å². The Morgan fingerprint density at radius 3 is 2.17 bits per heavy atom. The summed E-state index contributed by atoms with van der Waals surface area (Å²) < 4.78 is 28.5. The normalized spacial score (nSPS) is 13.1. The lowest BCUT2D eigenvalue weighted by atomic mass is 9.97. The largest absolute Gasteiger partial charge is 0.216 e. The zero-order chi connectivity index (χ0) is 17.2. The Labute approximate surface area is 147 Å². The highest BCUT2D eigenvalue weighted by Gasteiger charge is 2.18. The van der Waals surface area contributed by atoms with Gasteiger partial charge in [0.2, 0.25) is 10.0 Å². The Morgan fingerprint density at radius 1 is 1.00 bits per heavy atom. The van der Waals surface area contributed by atoms with Gasteiger partial charge in [-0.15, -0.1) is 0 Å². The molecule has 0 saturated heterocycles. The van der Waals surface area contributed by atoms with Crippen molar-refractivity contribution in [3.8, 4) is 0 Å². The minimum Gasteiger partial charge on any atom is -0.212 e. The van der Waals surface area contributed by atoms with Gasteiger partial charge in [0.05, 0.1) is 5.75 Å². The Balaban J connectivity index is 2.16. The summed E-state index contributed by atoms with van der Waals surface area (Å²) in [6, 6.07) is 11.2. The maximum Gasteiger partial charge on any atom is 0.216 e. The van der Waals surface area contributed by atoms with Crippen molar-refractivity contribution in [1.29, 1.82) is 0 Å². The Bertz CT molecular complexity index is 799. The zero-order valence-corrected chi connectivity index (χ0v) is 16.3. The average Bonchev–Trinajstić information content (AvgIpc) is 2.44. The molecule has 0 fully saturated rings. The van der Waals surface area contributed by atoms with Crippen LogP contribution in [0.2, 0.25) is 0 Å². The predicted octanol–water partition coefficient (Wildman–Crippen LogP) is 4.55. The van der Waals surface area contributed by atoms with E-state index in [1.165, 1.54) is 11.1 Å². The third-order valence-corrected chi connectivity index (χ3v) is 5.93. The van der Waals surface area contributed by atoms with Gasteiger partial charge in [0.1, 0.15) is 0 Å². The van der Waals surface area contributed by atoms with Crippen LogP contribution in [0.4, 0.5) is 0 Å². The van der Waals surface area contributed by atoms with E-state index in [2.05, 4.69) is 39.7 Å². The second-order valence-electron chi connectivity index (χ2n) is 6.02. The van der Waals surface area contributed by atoms with Gasteiger partial charge in [-0.25, -0.2) is 13.1 Å². The molecule has 0 unspecified atom stereocenters. The van der Waals surface area contributed by atoms with E-state index in [4.69, 9.17) is 0 Å². The van der Waals surface area contributed by atoms with Crippen LogP contribution >= 0.6 is 15.9 Å². The van der Waals surface area contributed by atoms with Gasteiger partial charge in [0, 0.05) is 10.5 Å². The van der Waals surface area contributed by atoms with Crippen LogP contribution in [0.1, 0.15) is 40.8 Å². The summed E-state index contributed by atoms with van der Waals surface area (Å²) >= 11 is 3.35. The number of hydrogen-bond donors (Lipinski definition) is 1. The van der Waals surface area contributed by atoms with Crippen LogP contribution in [-0.2, 0) is 15.8 Å². The van der Waals surface area contributed by atoms with Crippen molar-refractivity contribution in [2.24, 2.45) is 0 Å². The van der Waals surface area contributed by atoms with Gasteiger partial charge < -0.3 is 0 Å². The first kappa shape index (κ1) is 18.2.